The van der Waals surface area contributed by atoms with Crippen LogP contribution in [-0.4, -0.2) is 35.0 Å². The second-order valence-electron chi connectivity index (χ2n) is 8.60. The molecule has 29 heavy (non-hydrogen) atoms. The number of carboxylic acid groups (broad SMARTS) is 1. The maximum Gasteiger partial charge on any atom is 0.511 e. The average molecular weight is 402 g/mol. The van der Waals surface area contributed by atoms with E-state index in [2.05, 4.69) is 4.74 Å². The zero-order chi connectivity index (χ0) is 20.7. The Labute approximate surface area is 165 Å². The van der Waals surface area contributed by atoms with Crippen molar-refractivity contribution in [1.82, 2.24) is 4.57 Å². The average Bonchev–Trinajstić information content (AvgIpc) is 3.55. The molecule has 1 aromatic carbocycles. The van der Waals surface area contributed by atoms with Gasteiger partial charge in [-0.15, -0.1) is 0 Å². The minimum absolute atomic E-state index is 0.0183. The first-order chi connectivity index (χ1) is 13.7. The Morgan fingerprint density at radius 2 is 2.07 bits per heavy atom. The Morgan fingerprint density at radius 1 is 1.38 bits per heavy atom. The van der Waals surface area contributed by atoms with E-state index in [9.17, 15) is 9.59 Å². The van der Waals surface area contributed by atoms with Gasteiger partial charge < -0.3 is 30.8 Å². The van der Waals surface area contributed by atoms with Crippen molar-refractivity contribution in [1.29, 1.82) is 0 Å². The van der Waals surface area contributed by atoms with Crippen molar-refractivity contribution in [3.8, 4) is 5.75 Å². The van der Waals surface area contributed by atoms with E-state index in [4.69, 9.17) is 16.6 Å². The number of fused-ring (bicyclic) bond motifs is 1. The molecule has 154 valence electrons. The summed E-state index contributed by atoms with van der Waals surface area (Å²) in [5, 5.41) is 8.93. The second kappa shape index (κ2) is 5.85. The molecule has 0 bridgehead atoms. The van der Waals surface area contributed by atoms with Gasteiger partial charge in [0.2, 0.25) is 5.43 Å². The SMILES string of the molecule is Cc1c(N2C[C@@H](N)C3(CC3)C2)c(F)c(N)c2c(=O)c(OC(=O)O)cn(C3CC3)c12. The Morgan fingerprint density at radius 3 is 2.62 bits per heavy atom. The molecule has 3 aliphatic rings. The largest absolute Gasteiger partial charge is 0.511 e. The van der Waals surface area contributed by atoms with Gasteiger partial charge >= 0.3 is 6.16 Å². The summed E-state index contributed by atoms with van der Waals surface area (Å²) in [6.45, 7) is 2.99. The number of nitrogen functional groups attached to an aromatic ring is 1. The van der Waals surface area contributed by atoms with E-state index in [0.29, 0.717) is 29.9 Å². The molecule has 8 nitrogen and oxygen atoms in total. The molecule has 0 amide bonds. The van der Waals surface area contributed by atoms with Crippen molar-refractivity contribution in [3.63, 3.8) is 0 Å². The molecule has 1 atom stereocenters. The molecule has 1 aliphatic heterocycles. The van der Waals surface area contributed by atoms with Crippen LogP contribution in [-0.2, 0) is 0 Å². The lowest BCUT2D eigenvalue weighted by atomic mass is 10.0. The molecule has 1 aromatic heterocycles. The number of carbonyl (C=O) groups is 1. The number of anilines is 2. The smallest absolute Gasteiger partial charge is 0.449 e. The van der Waals surface area contributed by atoms with Crippen LogP contribution in [0.4, 0.5) is 20.6 Å². The number of pyridine rings is 1. The first-order valence-electron chi connectivity index (χ1n) is 9.81. The fraction of sp³-hybridized carbons (Fsp3) is 0.500. The van der Waals surface area contributed by atoms with Gasteiger partial charge in [-0.3, -0.25) is 4.79 Å². The van der Waals surface area contributed by atoms with Crippen LogP contribution in [0.1, 0.15) is 37.3 Å². The minimum Gasteiger partial charge on any atom is -0.449 e. The Bertz CT molecular complexity index is 1120. The number of rotatable bonds is 3. The van der Waals surface area contributed by atoms with Gasteiger partial charge in [0.1, 0.15) is 0 Å². The highest BCUT2D eigenvalue weighted by molar-refractivity contribution is 5.98. The molecular formula is C20H23FN4O4. The first-order valence-corrected chi connectivity index (χ1v) is 9.81. The van der Waals surface area contributed by atoms with Crippen molar-refractivity contribution < 1.29 is 19.0 Å². The number of benzene rings is 1. The highest BCUT2D eigenvalue weighted by Crippen LogP contribution is 2.54. The summed E-state index contributed by atoms with van der Waals surface area (Å²) in [5.41, 5.74) is 13.0. The number of hydrogen-bond acceptors (Lipinski definition) is 6. The van der Waals surface area contributed by atoms with E-state index >= 15 is 4.39 Å². The number of aromatic nitrogens is 1. The number of ether oxygens (including phenoxy) is 1. The van der Waals surface area contributed by atoms with Gasteiger partial charge in [-0.2, -0.15) is 0 Å². The number of halogens is 1. The summed E-state index contributed by atoms with van der Waals surface area (Å²) in [6, 6.07) is 0.0801. The molecule has 2 aromatic rings. The van der Waals surface area contributed by atoms with Gasteiger partial charge in [-0.1, -0.05) is 0 Å². The second-order valence-corrected chi connectivity index (χ2v) is 8.60. The van der Waals surface area contributed by atoms with E-state index in [0.717, 1.165) is 25.7 Å². The third kappa shape index (κ3) is 2.60. The Kier molecular flexibility index (Phi) is 3.68. The molecule has 2 saturated carbocycles. The summed E-state index contributed by atoms with van der Waals surface area (Å²) >= 11 is 0. The number of hydrogen-bond donors (Lipinski definition) is 3. The van der Waals surface area contributed by atoms with Crippen molar-refractivity contribution in [2.24, 2.45) is 11.1 Å². The summed E-state index contributed by atoms with van der Waals surface area (Å²) < 4.78 is 21.9. The van der Waals surface area contributed by atoms with E-state index in [-0.39, 0.29) is 34.3 Å². The van der Waals surface area contributed by atoms with Gasteiger partial charge in [0.15, 0.2) is 11.6 Å². The van der Waals surface area contributed by atoms with Crippen LogP contribution in [0.25, 0.3) is 10.9 Å². The predicted octanol–water partition coefficient (Wildman–Crippen LogP) is 2.35. The maximum atomic E-state index is 15.5. The van der Waals surface area contributed by atoms with Crippen LogP contribution >= 0.6 is 0 Å². The summed E-state index contributed by atoms with van der Waals surface area (Å²) in [5.74, 6) is -1.03. The normalized spacial score (nSPS) is 22.4. The van der Waals surface area contributed by atoms with Gasteiger partial charge in [-0.05, 0) is 38.2 Å². The van der Waals surface area contributed by atoms with E-state index in [1.165, 1.54) is 6.20 Å². The Hall–Kier alpha value is -2.81. The molecule has 1 spiro atoms. The minimum atomic E-state index is -1.60. The fourth-order valence-electron chi connectivity index (χ4n) is 4.79. The predicted molar refractivity (Wildman–Crippen MR) is 106 cm³/mol. The van der Waals surface area contributed by atoms with Gasteiger partial charge in [0.25, 0.3) is 0 Å². The van der Waals surface area contributed by atoms with Gasteiger partial charge in [0.05, 0.1) is 28.5 Å². The van der Waals surface area contributed by atoms with Crippen molar-refractivity contribution in [2.45, 2.75) is 44.7 Å². The van der Waals surface area contributed by atoms with Crippen LogP contribution in [0.15, 0.2) is 11.0 Å². The zero-order valence-corrected chi connectivity index (χ0v) is 16.1. The van der Waals surface area contributed by atoms with Crippen LogP contribution in [0.5, 0.6) is 5.75 Å². The summed E-state index contributed by atoms with van der Waals surface area (Å²) in [4.78, 5) is 25.9. The molecule has 1 saturated heterocycles. The van der Waals surface area contributed by atoms with Gasteiger partial charge in [0, 0.05) is 30.6 Å². The van der Waals surface area contributed by atoms with Crippen molar-refractivity contribution in [3.05, 3.63) is 27.8 Å². The van der Waals surface area contributed by atoms with Crippen LogP contribution in [0.3, 0.4) is 0 Å². The zero-order valence-electron chi connectivity index (χ0n) is 16.1. The molecule has 0 radical (unpaired) electrons. The molecule has 5 rings (SSSR count). The van der Waals surface area contributed by atoms with Crippen LogP contribution in [0, 0.1) is 18.2 Å². The van der Waals surface area contributed by atoms with Gasteiger partial charge in [-0.25, -0.2) is 9.18 Å². The molecule has 2 aliphatic carbocycles. The van der Waals surface area contributed by atoms with Crippen LogP contribution < -0.4 is 26.5 Å². The molecule has 9 heteroatoms. The third-order valence-electron chi connectivity index (χ3n) is 6.68. The molecule has 5 N–H and O–H groups in total. The number of nitrogens with two attached hydrogens (primary N) is 2. The molecule has 0 unspecified atom stereocenters. The molecule has 2 heterocycles. The fourth-order valence-corrected chi connectivity index (χ4v) is 4.79. The van der Waals surface area contributed by atoms with E-state index < -0.39 is 17.4 Å². The highest BCUT2D eigenvalue weighted by atomic mass is 19.1. The van der Waals surface area contributed by atoms with Crippen molar-refractivity contribution in [2.75, 3.05) is 23.7 Å². The lowest BCUT2D eigenvalue weighted by molar-refractivity contribution is 0.143. The van der Waals surface area contributed by atoms with E-state index in [1.807, 2.05) is 9.47 Å². The third-order valence-corrected chi connectivity index (χ3v) is 6.68. The summed E-state index contributed by atoms with van der Waals surface area (Å²) in [7, 11) is 0. The lowest BCUT2D eigenvalue weighted by Gasteiger charge is -2.25. The van der Waals surface area contributed by atoms with E-state index in [1.54, 1.807) is 6.92 Å². The highest BCUT2D eigenvalue weighted by Gasteiger charge is 2.54. The standard InChI is InChI=1S/C20H23FN4O4/c1-9-16-13(18(26)11(29-19(27)28)6-25(16)10-2-3-10)15(23)14(21)17(9)24-7-12(22)20(8-24)4-5-20/h6,10,12H,2-5,7-8,22-23H2,1H3,(H,27,28)/t12-/m1/s1. The van der Waals surface area contributed by atoms with Crippen LogP contribution in [0.2, 0.25) is 0 Å². The first kappa shape index (κ1) is 18.2. The van der Waals surface area contributed by atoms with Crippen molar-refractivity contribution >= 4 is 28.4 Å². The quantitative estimate of drug-likeness (QED) is 0.532. The topological polar surface area (TPSA) is 124 Å². The molecular weight excluding hydrogens is 379 g/mol. The molecule has 3 fully saturated rings. The maximum absolute atomic E-state index is 15.5. The lowest BCUT2D eigenvalue weighted by Crippen LogP contribution is -2.31. The monoisotopic (exact) mass is 402 g/mol. The number of nitrogens with zero attached hydrogens (tertiary/aromatic N) is 2. The number of aryl methyl sites for hydroxylation is 1. The Balaban J connectivity index is 1.77. The summed E-state index contributed by atoms with van der Waals surface area (Å²) in [6.07, 6.45) is 3.65.